The van der Waals surface area contributed by atoms with E-state index in [4.69, 9.17) is 21.1 Å². The Morgan fingerprint density at radius 2 is 2.26 bits per heavy atom. The first-order chi connectivity index (χ1) is 9.13. The SMILES string of the molecule is CN(CCOc1cccc(Cl)c1)CC1(CO)COC1. The highest BCUT2D eigenvalue weighted by Gasteiger charge is 2.38. The Morgan fingerprint density at radius 3 is 2.84 bits per heavy atom. The van der Waals surface area contributed by atoms with Crippen molar-refractivity contribution in [2.24, 2.45) is 5.41 Å². The molecule has 19 heavy (non-hydrogen) atoms. The van der Waals surface area contributed by atoms with Gasteiger partial charge in [-0.25, -0.2) is 0 Å². The van der Waals surface area contributed by atoms with Gasteiger partial charge < -0.3 is 19.5 Å². The number of hydrogen-bond donors (Lipinski definition) is 1. The van der Waals surface area contributed by atoms with E-state index in [9.17, 15) is 5.11 Å². The molecule has 0 aliphatic carbocycles. The molecule has 0 atom stereocenters. The molecule has 1 N–H and O–H groups in total. The number of aliphatic hydroxyl groups excluding tert-OH is 1. The van der Waals surface area contributed by atoms with E-state index in [0.717, 1.165) is 18.8 Å². The molecule has 1 fully saturated rings. The number of aliphatic hydroxyl groups is 1. The van der Waals surface area contributed by atoms with E-state index in [-0.39, 0.29) is 12.0 Å². The first-order valence-corrected chi connectivity index (χ1v) is 6.77. The van der Waals surface area contributed by atoms with Crippen molar-refractivity contribution in [1.82, 2.24) is 4.90 Å². The average Bonchev–Trinajstić information content (AvgIpc) is 2.34. The van der Waals surface area contributed by atoms with Crippen molar-refractivity contribution in [2.75, 3.05) is 46.6 Å². The maximum Gasteiger partial charge on any atom is 0.120 e. The van der Waals surface area contributed by atoms with Gasteiger partial charge in [-0.15, -0.1) is 0 Å². The molecule has 0 saturated carbocycles. The van der Waals surface area contributed by atoms with E-state index in [1.54, 1.807) is 6.07 Å². The first-order valence-electron chi connectivity index (χ1n) is 6.39. The molecule has 0 radical (unpaired) electrons. The van der Waals surface area contributed by atoms with Crippen LogP contribution in [-0.2, 0) is 4.74 Å². The number of benzene rings is 1. The minimum absolute atomic E-state index is 0.0786. The molecule has 1 saturated heterocycles. The Bertz CT molecular complexity index is 404. The zero-order valence-corrected chi connectivity index (χ0v) is 11.9. The zero-order chi connectivity index (χ0) is 13.7. The molecular formula is C14H20ClNO3. The molecule has 0 bridgehead atoms. The van der Waals surface area contributed by atoms with Gasteiger partial charge in [0, 0.05) is 18.1 Å². The van der Waals surface area contributed by atoms with Gasteiger partial charge in [0.1, 0.15) is 12.4 Å². The van der Waals surface area contributed by atoms with Gasteiger partial charge in [-0.2, -0.15) is 0 Å². The molecule has 1 aliphatic heterocycles. The molecule has 1 heterocycles. The fourth-order valence-electron chi connectivity index (χ4n) is 2.15. The van der Waals surface area contributed by atoms with Crippen LogP contribution >= 0.6 is 11.6 Å². The minimum atomic E-state index is -0.0786. The molecule has 0 aromatic heterocycles. The lowest BCUT2D eigenvalue weighted by Gasteiger charge is -2.42. The molecule has 0 unspecified atom stereocenters. The lowest BCUT2D eigenvalue weighted by atomic mass is 9.86. The molecule has 2 rings (SSSR count). The van der Waals surface area contributed by atoms with Crippen LogP contribution in [0.2, 0.25) is 5.02 Å². The highest BCUT2D eigenvalue weighted by atomic mass is 35.5. The Labute approximate surface area is 118 Å². The number of likely N-dealkylation sites (N-methyl/N-ethyl adjacent to an activating group) is 1. The van der Waals surface area contributed by atoms with E-state index in [0.29, 0.717) is 24.8 Å². The van der Waals surface area contributed by atoms with E-state index >= 15 is 0 Å². The van der Waals surface area contributed by atoms with Crippen LogP contribution < -0.4 is 4.74 Å². The molecule has 1 aliphatic rings. The summed E-state index contributed by atoms with van der Waals surface area (Å²) in [6, 6.07) is 7.38. The summed E-state index contributed by atoms with van der Waals surface area (Å²) >= 11 is 5.89. The number of halogens is 1. The highest BCUT2D eigenvalue weighted by Crippen LogP contribution is 2.27. The van der Waals surface area contributed by atoms with Crippen molar-refractivity contribution in [1.29, 1.82) is 0 Å². The summed E-state index contributed by atoms with van der Waals surface area (Å²) in [6.07, 6.45) is 0. The minimum Gasteiger partial charge on any atom is -0.492 e. The number of nitrogens with zero attached hydrogens (tertiary/aromatic N) is 1. The smallest absolute Gasteiger partial charge is 0.120 e. The van der Waals surface area contributed by atoms with Crippen LogP contribution in [-0.4, -0.2) is 56.6 Å². The van der Waals surface area contributed by atoms with Crippen molar-refractivity contribution in [3.8, 4) is 5.75 Å². The summed E-state index contributed by atoms with van der Waals surface area (Å²) in [7, 11) is 2.02. The topological polar surface area (TPSA) is 41.9 Å². The van der Waals surface area contributed by atoms with Crippen LogP contribution in [0, 0.1) is 5.41 Å². The van der Waals surface area contributed by atoms with Gasteiger partial charge in [0.15, 0.2) is 0 Å². The number of rotatable bonds is 7. The Balaban J connectivity index is 1.70. The van der Waals surface area contributed by atoms with Gasteiger partial charge >= 0.3 is 0 Å². The Kier molecular flexibility index (Phi) is 5.05. The summed E-state index contributed by atoms with van der Waals surface area (Å²) < 4.78 is 10.8. The third-order valence-electron chi connectivity index (χ3n) is 3.30. The van der Waals surface area contributed by atoms with Crippen LogP contribution in [0.1, 0.15) is 0 Å². The molecular weight excluding hydrogens is 266 g/mol. The molecule has 1 aromatic carbocycles. The molecule has 4 nitrogen and oxygen atoms in total. The van der Waals surface area contributed by atoms with Gasteiger partial charge in [-0.05, 0) is 25.2 Å². The van der Waals surface area contributed by atoms with Crippen LogP contribution in [0.5, 0.6) is 5.75 Å². The standard InChI is InChI=1S/C14H20ClNO3/c1-16(8-14(9-17)10-18-11-14)5-6-19-13-4-2-3-12(15)7-13/h2-4,7,17H,5-6,8-11H2,1H3. The van der Waals surface area contributed by atoms with Gasteiger partial charge in [0.05, 0.1) is 25.2 Å². The summed E-state index contributed by atoms with van der Waals surface area (Å²) in [6.45, 7) is 3.67. The first kappa shape index (κ1) is 14.6. The second-order valence-electron chi connectivity index (χ2n) is 5.19. The lowest BCUT2D eigenvalue weighted by Crippen LogP contribution is -2.53. The normalized spacial score (nSPS) is 17.3. The van der Waals surface area contributed by atoms with E-state index in [1.165, 1.54) is 0 Å². The quantitative estimate of drug-likeness (QED) is 0.827. The lowest BCUT2D eigenvalue weighted by molar-refractivity contribution is -0.146. The Hall–Kier alpha value is -0.810. The Morgan fingerprint density at radius 1 is 1.47 bits per heavy atom. The predicted octanol–water partition coefficient (Wildman–Crippen LogP) is 1.66. The summed E-state index contributed by atoms with van der Waals surface area (Å²) in [5.74, 6) is 0.782. The van der Waals surface area contributed by atoms with Crippen molar-refractivity contribution in [3.63, 3.8) is 0 Å². The maximum atomic E-state index is 9.37. The summed E-state index contributed by atoms with van der Waals surface area (Å²) in [4.78, 5) is 2.16. The van der Waals surface area contributed by atoms with E-state index in [2.05, 4.69) is 4.90 Å². The molecule has 0 amide bonds. The van der Waals surface area contributed by atoms with Crippen molar-refractivity contribution in [3.05, 3.63) is 29.3 Å². The molecule has 106 valence electrons. The monoisotopic (exact) mass is 285 g/mol. The number of ether oxygens (including phenoxy) is 2. The third kappa shape index (κ3) is 4.08. The molecule has 1 aromatic rings. The molecule has 5 heteroatoms. The average molecular weight is 286 g/mol. The summed E-state index contributed by atoms with van der Waals surface area (Å²) in [5, 5.41) is 10.0. The van der Waals surface area contributed by atoms with Crippen LogP contribution in [0.25, 0.3) is 0 Å². The van der Waals surface area contributed by atoms with Crippen LogP contribution in [0.3, 0.4) is 0 Å². The van der Waals surface area contributed by atoms with Crippen molar-refractivity contribution >= 4 is 11.6 Å². The predicted molar refractivity (Wildman–Crippen MR) is 74.8 cm³/mol. The summed E-state index contributed by atoms with van der Waals surface area (Å²) in [5.41, 5.74) is -0.0786. The maximum absolute atomic E-state index is 9.37. The van der Waals surface area contributed by atoms with E-state index < -0.39 is 0 Å². The largest absolute Gasteiger partial charge is 0.492 e. The second kappa shape index (κ2) is 6.57. The van der Waals surface area contributed by atoms with Gasteiger partial charge in [-0.3, -0.25) is 0 Å². The van der Waals surface area contributed by atoms with Gasteiger partial charge in [0.2, 0.25) is 0 Å². The van der Waals surface area contributed by atoms with Gasteiger partial charge in [0.25, 0.3) is 0 Å². The van der Waals surface area contributed by atoms with Gasteiger partial charge in [-0.1, -0.05) is 17.7 Å². The fraction of sp³-hybridized carbons (Fsp3) is 0.571. The number of hydrogen-bond acceptors (Lipinski definition) is 4. The van der Waals surface area contributed by atoms with Crippen molar-refractivity contribution in [2.45, 2.75) is 0 Å². The zero-order valence-electron chi connectivity index (χ0n) is 11.1. The van der Waals surface area contributed by atoms with Crippen molar-refractivity contribution < 1.29 is 14.6 Å². The highest BCUT2D eigenvalue weighted by molar-refractivity contribution is 6.30. The van der Waals surface area contributed by atoms with Crippen LogP contribution in [0.15, 0.2) is 24.3 Å². The third-order valence-corrected chi connectivity index (χ3v) is 3.53. The molecule has 0 spiro atoms. The second-order valence-corrected chi connectivity index (χ2v) is 5.63. The van der Waals surface area contributed by atoms with Crippen LogP contribution in [0.4, 0.5) is 0 Å². The fourth-order valence-corrected chi connectivity index (χ4v) is 2.33. The van der Waals surface area contributed by atoms with E-state index in [1.807, 2.05) is 25.2 Å².